The molecule has 1 N–H and O–H groups in total. The second-order valence-electron chi connectivity index (χ2n) is 1.79. The van der Waals surface area contributed by atoms with Crippen LogP contribution in [0.25, 0.3) is 0 Å². The number of nitrogens with zero attached hydrogens (tertiary/aromatic N) is 2. The second kappa shape index (κ2) is 4.92. The summed E-state index contributed by atoms with van der Waals surface area (Å²) >= 11 is 8.30. The Kier molecular flexibility index (Phi) is 4.14. The fraction of sp³-hybridized carbons (Fsp3) is 0.600. The number of thioether (sulfide) groups is 1. The standard InChI is InChI=1S/C5H7ClN2OS2/c6-4-5(8-11-7-4)10-3-1-2-9/h9H,1-3H2. The Bertz CT molecular complexity index is 218. The molecule has 0 atom stereocenters. The van der Waals surface area contributed by atoms with Crippen LogP contribution in [0.1, 0.15) is 6.42 Å². The molecule has 0 saturated heterocycles. The SMILES string of the molecule is OCCCSc1nsnc1Cl. The molecule has 0 aromatic carbocycles. The zero-order valence-corrected chi connectivity index (χ0v) is 8.05. The van der Waals surface area contributed by atoms with Gasteiger partial charge in [-0.2, -0.15) is 8.75 Å². The summed E-state index contributed by atoms with van der Waals surface area (Å²) in [6.07, 6.45) is 0.762. The molecule has 62 valence electrons. The number of hydrogen-bond acceptors (Lipinski definition) is 5. The molecule has 11 heavy (non-hydrogen) atoms. The second-order valence-corrected chi connectivity index (χ2v) is 3.76. The van der Waals surface area contributed by atoms with Gasteiger partial charge >= 0.3 is 0 Å². The summed E-state index contributed by atoms with van der Waals surface area (Å²) in [5, 5.41) is 9.72. The molecule has 1 aromatic heterocycles. The van der Waals surface area contributed by atoms with Crippen molar-refractivity contribution < 1.29 is 5.11 Å². The molecule has 0 aliphatic heterocycles. The zero-order chi connectivity index (χ0) is 8.10. The van der Waals surface area contributed by atoms with Crippen molar-refractivity contribution in [2.24, 2.45) is 0 Å². The summed E-state index contributed by atoms with van der Waals surface area (Å²) in [5.74, 6) is 0.835. The first-order chi connectivity index (χ1) is 5.34. The smallest absolute Gasteiger partial charge is 0.176 e. The molecule has 0 bridgehead atoms. The van der Waals surface area contributed by atoms with E-state index in [9.17, 15) is 0 Å². The normalized spacial score (nSPS) is 10.4. The summed E-state index contributed by atoms with van der Waals surface area (Å²) in [6.45, 7) is 0.211. The van der Waals surface area contributed by atoms with E-state index in [4.69, 9.17) is 16.7 Å². The molecule has 0 fully saturated rings. The summed E-state index contributed by atoms with van der Waals surface area (Å²) < 4.78 is 7.78. The minimum atomic E-state index is 0.211. The predicted octanol–water partition coefficient (Wildman–Crippen LogP) is 1.67. The van der Waals surface area contributed by atoms with Crippen molar-refractivity contribution in [3.05, 3.63) is 5.15 Å². The molecular weight excluding hydrogens is 204 g/mol. The first kappa shape index (κ1) is 9.25. The van der Waals surface area contributed by atoms with Gasteiger partial charge in [0.05, 0.1) is 11.7 Å². The summed E-state index contributed by atoms with van der Waals surface area (Å²) in [6, 6.07) is 0. The van der Waals surface area contributed by atoms with Crippen LogP contribution >= 0.6 is 35.1 Å². The summed E-state index contributed by atoms with van der Waals surface area (Å²) in [4.78, 5) is 0. The van der Waals surface area contributed by atoms with Gasteiger partial charge in [0.15, 0.2) is 5.15 Å². The molecule has 0 aliphatic carbocycles. The molecule has 0 radical (unpaired) electrons. The van der Waals surface area contributed by atoms with Gasteiger partial charge in [-0.3, -0.25) is 0 Å². The van der Waals surface area contributed by atoms with Crippen LogP contribution in [-0.2, 0) is 0 Å². The van der Waals surface area contributed by atoms with Gasteiger partial charge in [0.2, 0.25) is 0 Å². The fourth-order valence-corrected chi connectivity index (χ4v) is 2.20. The summed E-state index contributed by atoms with van der Waals surface area (Å²) in [5.41, 5.74) is 0. The van der Waals surface area contributed by atoms with Crippen LogP contribution in [0.3, 0.4) is 0 Å². The van der Waals surface area contributed by atoms with E-state index in [1.54, 1.807) is 0 Å². The zero-order valence-electron chi connectivity index (χ0n) is 5.66. The van der Waals surface area contributed by atoms with Crippen LogP contribution in [0.2, 0.25) is 5.15 Å². The van der Waals surface area contributed by atoms with Gasteiger partial charge in [0.1, 0.15) is 5.03 Å². The average Bonchev–Trinajstić information content (AvgIpc) is 2.37. The van der Waals surface area contributed by atoms with Gasteiger partial charge in [0, 0.05) is 12.4 Å². The van der Waals surface area contributed by atoms with Gasteiger partial charge in [-0.05, 0) is 6.42 Å². The number of aromatic nitrogens is 2. The van der Waals surface area contributed by atoms with Crippen LogP contribution in [0.5, 0.6) is 0 Å². The van der Waals surface area contributed by atoms with E-state index >= 15 is 0 Å². The van der Waals surface area contributed by atoms with Crippen LogP contribution in [0, 0.1) is 0 Å². The Morgan fingerprint density at radius 3 is 2.91 bits per heavy atom. The maximum absolute atomic E-state index is 8.48. The first-order valence-corrected chi connectivity index (χ1v) is 5.15. The van der Waals surface area contributed by atoms with E-state index in [-0.39, 0.29) is 6.61 Å². The lowest BCUT2D eigenvalue weighted by atomic mass is 10.5. The van der Waals surface area contributed by atoms with Gasteiger partial charge < -0.3 is 5.11 Å². The molecule has 3 nitrogen and oxygen atoms in total. The lowest BCUT2D eigenvalue weighted by Crippen LogP contribution is -1.85. The summed E-state index contributed by atoms with van der Waals surface area (Å²) in [7, 11) is 0. The first-order valence-electron chi connectivity index (χ1n) is 3.06. The minimum Gasteiger partial charge on any atom is -0.396 e. The lowest BCUT2D eigenvalue weighted by Gasteiger charge is -1.93. The third-order valence-electron chi connectivity index (χ3n) is 0.962. The third-order valence-corrected chi connectivity index (χ3v) is 3.13. The lowest BCUT2D eigenvalue weighted by molar-refractivity contribution is 0.296. The van der Waals surface area contributed by atoms with Gasteiger partial charge in [-0.25, -0.2) is 0 Å². The monoisotopic (exact) mass is 210 g/mol. The van der Waals surface area contributed by atoms with Crippen molar-refractivity contribution in [2.75, 3.05) is 12.4 Å². The molecule has 0 aliphatic rings. The Labute approximate surface area is 78.1 Å². The quantitative estimate of drug-likeness (QED) is 0.607. The van der Waals surface area contributed by atoms with Crippen molar-refractivity contribution in [1.82, 2.24) is 8.75 Å². The Morgan fingerprint density at radius 2 is 2.36 bits per heavy atom. The Morgan fingerprint density at radius 1 is 1.55 bits per heavy atom. The van der Waals surface area contributed by atoms with Crippen LogP contribution in [-0.4, -0.2) is 26.2 Å². The number of halogens is 1. The van der Waals surface area contributed by atoms with Gasteiger partial charge in [-0.15, -0.1) is 11.8 Å². The highest BCUT2D eigenvalue weighted by molar-refractivity contribution is 7.99. The maximum Gasteiger partial charge on any atom is 0.176 e. The van der Waals surface area contributed by atoms with E-state index in [1.165, 1.54) is 11.8 Å². The van der Waals surface area contributed by atoms with Crippen LogP contribution < -0.4 is 0 Å². The molecule has 1 heterocycles. The minimum absolute atomic E-state index is 0.211. The van der Waals surface area contributed by atoms with Crippen molar-refractivity contribution in [3.63, 3.8) is 0 Å². The third kappa shape index (κ3) is 2.94. The molecule has 1 rings (SSSR count). The highest BCUT2D eigenvalue weighted by Gasteiger charge is 2.04. The molecule has 0 saturated carbocycles. The molecule has 0 amide bonds. The maximum atomic E-state index is 8.48. The van der Waals surface area contributed by atoms with Crippen LogP contribution in [0.4, 0.5) is 0 Å². The molecule has 1 aromatic rings. The van der Waals surface area contributed by atoms with E-state index in [0.29, 0.717) is 5.15 Å². The highest BCUT2D eigenvalue weighted by atomic mass is 35.5. The van der Waals surface area contributed by atoms with Crippen LogP contribution in [0.15, 0.2) is 5.03 Å². The Balaban J connectivity index is 2.32. The Hall–Kier alpha value is 0.160. The number of aliphatic hydroxyl groups excluding tert-OH is 1. The van der Waals surface area contributed by atoms with Crippen molar-refractivity contribution in [2.45, 2.75) is 11.4 Å². The average molecular weight is 211 g/mol. The number of aliphatic hydroxyl groups is 1. The molecule has 0 unspecified atom stereocenters. The van der Waals surface area contributed by atoms with Crippen molar-refractivity contribution >= 4 is 35.1 Å². The number of hydrogen-bond donors (Lipinski definition) is 1. The predicted molar refractivity (Wildman–Crippen MR) is 47.3 cm³/mol. The van der Waals surface area contributed by atoms with Gasteiger partial charge in [0.25, 0.3) is 0 Å². The van der Waals surface area contributed by atoms with Crippen molar-refractivity contribution in [1.29, 1.82) is 0 Å². The topological polar surface area (TPSA) is 46.0 Å². The molecule has 6 heteroatoms. The van der Waals surface area contributed by atoms with Crippen molar-refractivity contribution in [3.8, 4) is 0 Å². The van der Waals surface area contributed by atoms with E-state index in [0.717, 1.165) is 28.9 Å². The van der Waals surface area contributed by atoms with E-state index in [2.05, 4.69) is 8.75 Å². The highest BCUT2D eigenvalue weighted by Crippen LogP contribution is 2.24. The largest absolute Gasteiger partial charge is 0.396 e. The van der Waals surface area contributed by atoms with E-state index in [1.807, 2.05) is 0 Å². The number of rotatable bonds is 4. The van der Waals surface area contributed by atoms with Gasteiger partial charge in [-0.1, -0.05) is 11.6 Å². The molecule has 0 spiro atoms. The van der Waals surface area contributed by atoms with E-state index < -0.39 is 0 Å². The fourth-order valence-electron chi connectivity index (χ4n) is 0.489. The molecular formula is C5H7ClN2OS2.